The predicted molar refractivity (Wildman–Crippen MR) is 82.4 cm³/mol. The lowest BCUT2D eigenvalue weighted by Gasteiger charge is -2.16. The fourth-order valence-electron chi connectivity index (χ4n) is 2.12. The van der Waals surface area contributed by atoms with Crippen molar-refractivity contribution in [2.75, 3.05) is 5.32 Å². The third kappa shape index (κ3) is 4.39. The van der Waals surface area contributed by atoms with Gasteiger partial charge >= 0.3 is 0 Å². The van der Waals surface area contributed by atoms with Gasteiger partial charge in [-0.1, -0.05) is 30.3 Å². The molecule has 0 aromatic heterocycles. The first kappa shape index (κ1) is 15.2. The Hall–Kier alpha value is -2.20. The van der Waals surface area contributed by atoms with Crippen LogP contribution in [0, 0.1) is 5.82 Å². The van der Waals surface area contributed by atoms with Crippen LogP contribution in [-0.4, -0.2) is 5.91 Å². The van der Waals surface area contributed by atoms with E-state index >= 15 is 0 Å². The van der Waals surface area contributed by atoms with Gasteiger partial charge in [0.05, 0.1) is 0 Å². The molecule has 3 nitrogen and oxygen atoms in total. The molecule has 0 saturated heterocycles. The number of hydrogen-bond acceptors (Lipinski definition) is 2. The lowest BCUT2D eigenvalue weighted by Crippen LogP contribution is -2.19. The average molecular weight is 286 g/mol. The Bertz CT molecular complexity index is 610. The standard InChI is InChI=1S/C17H19FN2O/c1-12(14-7-9-16(18)10-8-14)19-11-15-5-3-4-6-17(15)20-13(2)21/h3-10,12,19H,11H2,1-2H3,(H,20,21)/t12-/m0/s1. The summed E-state index contributed by atoms with van der Waals surface area (Å²) in [5.41, 5.74) is 2.85. The van der Waals surface area contributed by atoms with Gasteiger partial charge in [-0.3, -0.25) is 4.79 Å². The molecule has 0 saturated carbocycles. The minimum absolute atomic E-state index is 0.0889. The highest BCUT2D eigenvalue weighted by Crippen LogP contribution is 2.18. The van der Waals surface area contributed by atoms with Crippen LogP contribution in [0.1, 0.15) is 31.0 Å². The van der Waals surface area contributed by atoms with Crippen LogP contribution in [0.2, 0.25) is 0 Å². The average Bonchev–Trinajstić information content (AvgIpc) is 2.46. The van der Waals surface area contributed by atoms with E-state index in [1.54, 1.807) is 12.1 Å². The van der Waals surface area contributed by atoms with E-state index in [4.69, 9.17) is 0 Å². The van der Waals surface area contributed by atoms with Crippen LogP contribution in [0.25, 0.3) is 0 Å². The zero-order valence-corrected chi connectivity index (χ0v) is 12.2. The van der Waals surface area contributed by atoms with E-state index in [1.807, 2.05) is 31.2 Å². The molecule has 0 spiro atoms. The summed E-state index contributed by atoms with van der Waals surface area (Å²) in [5.74, 6) is -0.323. The van der Waals surface area contributed by atoms with E-state index < -0.39 is 0 Å². The molecule has 21 heavy (non-hydrogen) atoms. The van der Waals surface area contributed by atoms with Crippen LogP contribution in [0.4, 0.5) is 10.1 Å². The number of amides is 1. The Kier molecular flexibility index (Phi) is 5.06. The molecule has 1 atom stereocenters. The third-order valence-electron chi connectivity index (χ3n) is 3.30. The molecule has 4 heteroatoms. The van der Waals surface area contributed by atoms with Gasteiger partial charge < -0.3 is 10.6 Å². The lowest BCUT2D eigenvalue weighted by molar-refractivity contribution is -0.114. The summed E-state index contributed by atoms with van der Waals surface area (Å²) in [6.45, 7) is 4.13. The van der Waals surface area contributed by atoms with Crippen molar-refractivity contribution in [1.82, 2.24) is 5.32 Å². The lowest BCUT2D eigenvalue weighted by atomic mass is 10.1. The van der Waals surface area contributed by atoms with Gasteiger partial charge in [0.2, 0.25) is 5.91 Å². The van der Waals surface area contributed by atoms with Gasteiger partial charge in [-0.2, -0.15) is 0 Å². The molecule has 2 aromatic rings. The normalized spacial score (nSPS) is 12.0. The van der Waals surface area contributed by atoms with E-state index in [9.17, 15) is 9.18 Å². The molecule has 0 aliphatic carbocycles. The quantitative estimate of drug-likeness (QED) is 0.881. The predicted octanol–water partition coefficient (Wildman–Crippen LogP) is 3.63. The van der Waals surface area contributed by atoms with Gasteiger partial charge in [-0.25, -0.2) is 4.39 Å². The number of nitrogens with one attached hydrogen (secondary N) is 2. The summed E-state index contributed by atoms with van der Waals surface area (Å²) in [6, 6.07) is 14.2. The zero-order chi connectivity index (χ0) is 15.2. The third-order valence-corrected chi connectivity index (χ3v) is 3.30. The van der Waals surface area contributed by atoms with Crippen molar-refractivity contribution < 1.29 is 9.18 Å². The first-order valence-corrected chi connectivity index (χ1v) is 6.90. The summed E-state index contributed by atoms with van der Waals surface area (Å²) in [5, 5.41) is 6.19. The second-order valence-electron chi connectivity index (χ2n) is 4.99. The number of carbonyl (C=O) groups excluding carboxylic acids is 1. The second kappa shape index (κ2) is 6.99. The van der Waals surface area contributed by atoms with Gasteiger partial charge in [-0.15, -0.1) is 0 Å². The van der Waals surface area contributed by atoms with Gasteiger partial charge in [0.15, 0.2) is 0 Å². The van der Waals surface area contributed by atoms with Crippen molar-refractivity contribution >= 4 is 11.6 Å². The van der Waals surface area contributed by atoms with Crippen LogP contribution in [0.15, 0.2) is 48.5 Å². The van der Waals surface area contributed by atoms with Gasteiger partial charge in [-0.05, 0) is 36.2 Å². The van der Waals surface area contributed by atoms with E-state index in [0.29, 0.717) is 6.54 Å². The molecule has 0 heterocycles. The van der Waals surface area contributed by atoms with Crippen molar-refractivity contribution in [3.63, 3.8) is 0 Å². The molecule has 0 unspecified atom stereocenters. The molecule has 1 amide bonds. The van der Waals surface area contributed by atoms with Crippen molar-refractivity contribution in [2.45, 2.75) is 26.4 Å². The molecule has 110 valence electrons. The topological polar surface area (TPSA) is 41.1 Å². The van der Waals surface area contributed by atoms with Gasteiger partial charge in [0, 0.05) is 25.2 Å². The Morgan fingerprint density at radius 2 is 1.81 bits per heavy atom. The Balaban J connectivity index is 2.02. The highest BCUT2D eigenvalue weighted by Gasteiger charge is 2.07. The number of carbonyl (C=O) groups is 1. The summed E-state index contributed by atoms with van der Waals surface area (Å²) in [7, 11) is 0. The van der Waals surface area contributed by atoms with Crippen LogP contribution in [0.5, 0.6) is 0 Å². The van der Waals surface area contributed by atoms with Crippen LogP contribution in [-0.2, 0) is 11.3 Å². The van der Waals surface area contributed by atoms with E-state index in [1.165, 1.54) is 19.1 Å². The number of para-hydroxylation sites is 1. The highest BCUT2D eigenvalue weighted by molar-refractivity contribution is 5.89. The van der Waals surface area contributed by atoms with E-state index in [-0.39, 0.29) is 17.8 Å². The largest absolute Gasteiger partial charge is 0.326 e. The van der Waals surface area contributed by atoms with Gasteiger partial charge in [0.1, 0.15) is 5.82 Å². The zero-order valence-electron chi connectivity index (χ0n) is 12.2. The maximum Gasteiger partial charge on any atom is 0.221 e. The number of hydrogen-bond donors (Lipinski definition) is 2. The first-order valence-electron chi connectivity index (χ1n) is 6.90. The maximum atomic E-state index is 12.9. The molecule has 2 aromatic carbocycles. The Labute approximate surface area is 124 Å². The van der Waals surface area contributed by atoms with E-state index in [2.05, 4.69) is 10.6 Å². The summed E-state index contributed by atoms with van der Waals surface area (Å²) >= 11 is 0. The van der Waals surface area contributed by atoms with Crippen molar-refractivity contribution in [3.05, 3.63) is 65.5 Å². The number of rotatable bonds is 5. The molecule has 2 N–H and O–H groups in total. The fourth-order valence-corrected chi connectivity index (χ4v) is 2.12. The number of halogens is 1. The SMILES string of the molecule is CC(=O)Nc1ccccc1CN[C@@H](C)c1ccc(F)cc1. The minimum atomic E-state index is -0.234. The van der Waals surface area contributed by atoms with Crippen molar-refractivity contribution in [2.24, 2.45) is 0 Å². The molecule has 2 rings (SSSR count). The molecule has 0 radical (unpaired) electrons. The highest BCUT2D eigenvalue weighted by atomic mass is 19.1. The first-order chi connectivity index (χ1) is 10.1. The number of anilines is 1. The molecule has 0 bridgehead atoms. The summed E-state index contributed by atoms with van der Waals surface area (Å²) < 4.78 is 12.9. The monoisotopic (exact) mass is 286 g/mol. The molecular formula is C17H19FN2O. The van der Waals surface area contributed by atoms with E-state index in [0.717, 1.165) is 16.8 Å². The molecule has 0 fully saturated rings. The van der Waals surface area contributed by atoms with Crippen molar-refractivity contribution in [1.29, 1.82) is 0 Å². The summed E-state index contributed by atoms with van der Waals surface area (Å²) in [4.78, 5) is 11.2. The summed E-state index contributed by atoms with van der Waals surface area (Å²) in [6.07, 6.45) is 0. The van der Waals surface area contributed by atoms with Gasteiger partial charge in [0.25, 0.3) is 0 Å². The number of benzene rings is 2. The molecule has 0 aliphatic rings. The van der Waals surface area contributed by atoms with Crippen molar-refractivity contribution in [3.8, 4) is 0 Å². The molecule has 0 aliphatic heterocycles. The van der Waals surface area contributed by atoms with Crippen LogP contribution < -0.4 is 10.6 Å². The Morgan fingerprint density at radius 3 is 2.48 bits per heavy atom. The fraction of sp³-hybridized carbons (Fsp3) is 0.235. The second-order valence-corrected chi connectivity index (χ2v) is 4.99. The van der Waals surface area contributed by atoms with Crippen LogP contribution in [0.3, 0.4) is 0 Å². The molecular weight excluding hydrogens is 267 g/mol. The Morgan fingerprint density at radius 1 is 1.14 bits per heavy atom. The van der Waals surface area contributed by atoms with Crippen LogP contribution >= 0.6 is 0 Å². The smallest absolute Gasteiger partial charge is 0.221 e. The maximum absolute atomic E-state index is 12.9. The minimum Gasteiger partial charge on any atom is -0.326 e.